The Bertz CT molecular complexity index is 378. The molecule has 0 unspecified atom stereocenters. The van der Waals surface area contributed by atoms with Crippen molar-refractivity contribution in [1.29, 1.82) is 5.26 Å². The topological polar surface area (TPSA) is 78.1 Å². The summed E-state index contributed by atoms with van der Waals surface area (Å²) >= 11 is 0. The first-order chi connectivity index (χ1) is 7.17. The predicted octanol–water partition coefficient (Wildman–Crippen LogP) is 0.375. The van der Waals surface area contributed by atoms with Gasteiger partial charge in [0.15, 0.2) is 0 Å². The average Bonchev–Trinajstić information content (AvgIpc) is 2.72. The van der Waals surface area contributed by atoms with Crippen LogP contribution in [-0.2, 0) is 11.3 Å². The van der Waals surface area contributed by atoms with Gasteiger partial charge in [-0.3, -0.25) is 10.1 Å². The Labute approximate surface area is 88.1 Å². The van der Waals surface area contributed by atoms with Crippen LogP contribution in [-0.4, -0.2) is 19.0 Å². The van der Waals surface area contributed by atoms with Crippen molar-refractivity contribution in [2.24, 2.45) is 0 Å². The van der Waals surface area contributed by atoms with Crippen LogP contribution in [0.25, 0.3) is 0 Å². The second-order valence-electron chi connectivity index (χ2n) is 3.09. The highest BCUT2D eigenvalue weighted by Crippen LogP contribution is 2.06. The maximum Gasteiger partial charge on any atom is 0.236 e. The lowest BCUT2D eigenvalue weighted by Crippen LogP contribution is -2.40. The van der Waals surface area contributed by atoms with Crippen molar-refractivity contribution < 1.29 is 9.21 Å². The lowest BCUT2D eigenvalue weighted by atomic mass is 10.3. The van der Waals surface area contributed by atoms with E-state index in [9.17, 15) is 4.79 Å². The van der Waals surface area contributed by atoms with Crippen molar-refractivity contribution in [3.8, 4) is 6.07 Å². The van der Waals surface area contributed by atoms with E-state index in [1.54, 1.807) is 26.1 Å². The van der Waals surface area contributed by atoms with Gasteiger partial charge in [0.1, 0.15) is 11.8 Å². The number of carbonyl (C=O) groups is 1. The van der Waals surface area contributed by atoms with E-state index in [4.69, 9.17) is 9.68 Å². The molecule has 0 radical (unpaired) electrons. The number of hydrogen-bond donors (Lipinski definition) is 2. The van der Waals surface area contributed by atoms with Crippen LogP contribution in [0.5, 0.6) is 0 Å². The number of hydrogen-bond acceptors (Lipinski definition) is 4. The molecule has 0 bridgehead atoms. The Morgan fingerprint density at radius 2 is 2.40 bits per heavy atom. The van der Waals surface area contributed by atoms with Crippen LogP contribution in [0.4, 0.5) is 0 Å². The Morgan fingerprint density at radius 3 is 2.93 bits per heavy atom. The van der Waals surface area contributed by atoms with Crippen LogP contribution in [0.2, 0.25) is 0 Å². The van der Waals surface area contributed by atoms with E-state index >= 15 is 0 Å². The van der Waals surface area contributed by atoms with E-state index in [2.05, 4.69) is 10.6 Å². The van der Waals surface area contributed by atoms with Crippen molar-refractivity contribution in [2.45, 2.75) is 19.5 Å². The Morgan fingerprint density at radius 1 is 1.67 bits per heavy atom. The largest absolute Gasteiger partial charge is 0.449 e. The van der Waals surface area contributed by atoms with Crippen molar-refractivity contribution in [2.75, 3.05) is 7.05 Å². The first-order valence-electron chi connectivity index (χ1n) is 4.61. The van der Waals surface area contributed by atoms with Gasteiger partial charge in [0.25, 0.3) is 0 Å². The molecule has 2 N–H and O–H groups in total. The van der Waals surface area contributed by atoms with E-state index in [-0.39, 0.29) is 17.7 Å². The third-order valence-electron chi connectivity index (χ3n) is 1.99. The number of nitriles is 1. The van der Waals surface area contributed by atoms with E-state index in [1.807, 2.05) is 6.07 Å². The molecule has 1 aromatic heterocycles. The van der Waals surface area contributed by atoms with Gasteiger partial charge in [-0.2, -0.15) is 5.26 Å². The second-order valence-corrected chi connectivity index (χ2v) is 3.09. The fourth-order valence-electron chi connectivity index (χ4n) is 1.10. The summed E-state index contributed by atoms with van der Waals surface area (Å²) in [6, 6.07) is 4.92. The first kappa shape index (κ1) is 11.3. The molecule has 0 spiro atoms. The number of carbonyl (C=O) groups excluding carboxylic acids is 1. The molecule has 5 heteroatoms. The molecular weight excluding hydrogens is 194 g/mol. The van der Waals surface area contributed by atoms with Crippen molar-refractivity contribution in [3.05, 3.63) is 23.7 Å². The standard InChI is InChI=1S/C10H13N3O2/c1-7(10(14)12-2)13-6-9-4-3-8(5-11)15-9/h3-4,7,13H,6H2,1-2H3,(H,12,14)/t7-/m1/s1. The summed E-state index contributed by atoms with van der Waals surface area (Å²) in [4.78, 5) is 11.1. The SMILES string of the molecule is CNC(=O)[C@@H](C)NCc1ccc(C#N)o1. The highest BCUT2D eigenvalue weighted by atomic mass is 16.3. The molecule has 5 nitrogen and oxygen atoms in total. The van der Waals surface area contributed by atoms with Gasteiger partial charge in [0, 0.05) is 7.05 Å². The number of rotatable bonds is 4. The Hall–Kier alpha value is -1.80. The molecule has 0 saturated carbocycles. The summed E-state index contributed by atoms with van der Waals surface area (Å²) in [5.74, 6) is 0.837. The zero-order valence-corrected chi connectivity index (χ0v) is 8.70. The lowest BCUT2D eigenvalue weighted by Gasteiger charge is -2.10. The summed E-state index contributed by atoms with van der Waals surface area (Å²) in [5.41, 5.74) is 0. The highest BCUT2D eigenvalue weighted by molar-refractivity contribution is 5.80. The fourth-order valence-corrected chi connectivity index (χ4v) is 1.10. The second kappa shape index (κ2) is 5.17. The maximum atomic E-state index is 11.1. The molecule has 15 heavy (non-hydrogen) atoms. The number of amides is 1. The van der Waals surface area contributed by atoms with Gasteiger partial charge in [-0.05, 0) is 19.1 Å². The molecule has 0 fully saturated rings. The predicted molar refractivity (Wildman–Crippen MR) is 53.8 cm³/mol. The number of furan rings is 1. The molecule has 1 rings (SSSR count). The van der Waals surface area contributed by atoms with Gasteiger partial charge in [-0.25, -0.2) is 0 Å². The molecule has 1 amide bonds. The van der Waals surface area contributed by atoms with Crippen LogP contribution in [0.15, 0.2) is 16.5 Å². The molecule has 1 aromatic rings. The van der Waals surface area contributed by atoms with Crippen molar-refractivity contribution in [3.63, 3.8) is 0 Å². The first-order valence-corrected chi connectivity index (χ1v) is 4.61. The minimum Gasteiger partial charge on any atom is -0.449 e. The van der Waals surface area contributed by atoms with Crippen LogP contribution in [0.1, 0.15) is 18.4 Å². The number of likely N-dealkylation sites (N-methyl/N-ethyl adjacent to an activating group) is 1. The quantitative estimate of drug-likeness (QED) is 0.748. The zero-order chi connectivity index (χ0) is 11.3. The molecule has 0 aliphatic rings. The van der Waals surface area contributed by atoms with Gasteiger partial charge in [-0.1, -0.05) is 0 Å². The average molecular weight is 207 g/mol. The molecule has 0 aliphatic heterocycles. The fraction of sp³-hybridized carbons (Fsp3) is 0.400. The van der Waals surface area contributed by atoms with Gasteiger partial charge in [0.2, 0.25) is 11.7 Å². The summed E-state index contributed by atoms with van der Waals surface area (Å²) in [7, 11) is 1.58. The van der Waals surface area contributed by atoms with E-state index < -0.39 is 0 Å². The highest BCUT2D eigenvalue weighted by Gasteiger charge is 2.10. The van der Waals surface area contributed by atoms with Gasteiger partial charge >= 0.3 is 0 Å². The smallest absolute Gasteiger partial charge is 0.236 e. The molecule has 0 aromatic carbocycles. The van der Waals surface area contributed by atoms with Crippen LogP contribution in [0.3, 0.4) is 0 Å². The minimum absolute atomic E-state index is 0.0814. The monoisotopic (exact) mass is 207 g/mol. The molecule has 1 atom stereocenters. The molecule has 0 saturated heterocycles. The van der Waals surface area contributed by atoms with Gasteiger partial charge in [-0.15, -0.1) is 0 Å². The molecule has 80 valence electrons. The summed E-state index contributed by atoms with van der Waals surface area (Å²) in [5, 5.41) is 14.0. The van der Waals surface area contributed by atoms with Gasteiger partial charge < -0.3 is 9.73 Å². The zero-order valence-electron chi connectivity index (χ0n) is 8.70. The Balaban J connectivity index is 2.44. The van der Waals surface area contributed by atoms with Crippen LogP contribution in [0, 0.1) is 11.3 Å². The molecular formula is C10H13N3O2. The maximum absolute atomic E-state index is 11.1. The summed E-state index contributed by atoms with van der Waals surface area (Å²) < 4.78 is 5.14. The third kappa shape index (κ3) is 3.11. The molecule has 1 heterocycles. The summed E-state index contributed by atoms with van der Waals surface area (Å²) in [6.07, 6.45) is 0. The van der Waals surface area contributed by atoms with E-state index in [1.165, 1.54) is 0 Å². The Kier molecular flexibility index (Phi) is 3.89. The van der Waals surface area contributed by atoms with Crippen molar-refractivity contribution >= 4 is 5.91 Å². The normalized spacial score (nSPS) is 11.8. The van der Waals surface area contributed by atoms with E-state index in [0.717, 1.165) is 0 Å². The lowest BCUT2D eigenvalue weighted by molar-refractivity contribution is -0.122. The van der Waals surface area contributed by atoms with Gasteiger partial charge in [0.05, 0.1) is 12.6 Å². The van der Waals surface area contributed by atoms with Crippen LogP contribution < -0.4 is 10.6 Å². The number of nitrogens with one attached hydrogen (secondary N) is 2. The summed E-state index contributed by atoms with van der Waals surface area (Å²) in [6.45, 7) is 2.18. The van der Waals surface area contributed by atoms with Crippen LogP contribution >= 0.6 is 0 Å². The van der Waals surface area contributed by atoms with Crippen molar-refractivity contribution in [1.82, 2.24) is 10.6 Å². The number of nitrogens with zero attached hydrogens (tertiary/aromatic N) is 1. The van der Waals surface area contributed by atoms with E-state index in [0.29, 0.717) is 12.3 Å². The minimum atomic E-state index is -0.286. The molecule has 0 aliphatic carbocycles. The third-order valence-corrected chi connectivity index (χ3v) is 1.99.